The van der Waals surface area contributed by atoms with E-state index in [-0.39, 0.29) is 28.5 Å². The van der Waals surface area contributed by atoms with E-state index >= 15 is 0 Å². The third-order valence-electron chi connectivity index (χ3n) is 5.02. The van der Waals surface area contributed by atoms with Gasteiger partial charge in [-0.15, -0.1) is 0 Å². The van der Waals surface area contributed by atoms with Crippen LogP contribution in [0.2, 0.25) is 0 Å². The van der Waals surface area contributed by atoms with Gasteiger partial charge < -0.3 is 21.5 Å². The zero-order valence-corrected chi connectivity index (χ0v) is 16.2. The molecule has 6 N–H and O–H groups in total. The number of nitrogens with zero attached hydrogens (tertiary/aromatic N) is 2. The van der Waals surface area contributed by atoms with Gasteiger partial charge in [-0.05, 0) is 23.8 Å². The molecule has 32 heavy (non-hydrogen) atoms. The number of carbonyl (C=O) groups excluding carboxylic acids is 2. The van der Waals surface area contributed by atoms with Crippen LogP contribution in [0.3, 0.4) is 0 Å². The molecule has 0 saturated heterocycles. The molecule has 1 aliphatic heterocycles. The number of hydrogen-bond acceptors (Lipinski definition) is 8. The van der Waals surface area contributed by atoms with Crippen LogP contribution >= 0.6 is 0 Å². The molecule has 1 aliphatic rings. The van der Waals surface area contributed by atoms with Gasteiger partial charge in [0.25, 0.3) is 11.5 Å². The fourth-order valence-corrected chi connectivity index (χ4v) is 3.60. The van der Waals surface area contributed by atoms with Crippen molar-refractivity contribution in [2.45, 2.75) is 12.0 Å². The quantitative estimate of drug-likeness (QED) is 0.293. The summed E-state index contributed by atoms with van der Waals surface area (Å²) in [5.74, 6) is -3.39. The van der Waals surface area contributed by atoms with Crippen molar-refractivity contribution in [2.24, 2.45) is 0 Å². The average Bonchev–Trinajstić information content (AvgIpc) is 2.75. The molecule has 12 nitrogen and oxygen atoms in total. The number of nitrogen functional groups attached to an aromatic ring is 1. The Hall–Kier alpha value is -4.74. The molecule has 2 atom stereocenters. The van der Waals surface area contributed by atoms with Crippen molar-refractivity contribution >= 4 is 29.3 Å². The molecule has 0 fully saturated rings. The summed E-state index contributed by atoms with van der Waals surface area (Å²) in [4.78, 5) is 55.2. The van der Waals surface area contributed by atoms with Gasteiger partial charge in [-0.2, -0.15) is 4.98 Å². The van der Waals surface area contributed by atoms with Gasteiger partial charge >= 0.3 is 5.69 Å². The van der Waals surface area contributed by atoms with E-state index in [1.54, 1.807) is 30.3 Å². The second kappa shape index (κ2) is 7.83. The number of rotatable bonds is 4. The van der Waals surface area contributed by atoms with Gasteiger partial charge in [-0.3, -0.25) is 29.5 Å². The predicted molar refractivity (Wildman–Crippen MR) is 112 cm³/mol. The van der Waals surface area contributed by atoms with E-state index in [1.165, 1.54) is 6.07 Å². The number of aromatic amines is 1. The van der Waals surface area contributed by atoms with E-state index in [0.717, 1.165) is 12.1 Å². The first-order chi connectivity index (χ1) is 15.3. The van der Waals surface area contributed by atoms with E-state index in [2.05, 4.69) is 20.6 Å². The summed E-state index contributed by atoms with van der Waals surface area (Å²) in [5, 5.41) is 26.2. The van der Waals surface area contributed by atoms with Crippen molar-refractivity contribution in [2.75, 3.05) is 11.1 Å². The Morgan fingerprint density at radius 3 is 2.59 bits per heavy atom. The van der Waals surface area contributed by atoms with Crippen LogP contribution in [0.4, 0.5) is 17.5 Å². The SMILES string of the molecule is Nc1nc2c(c(=O)[nH]1)C(c1ccc(O)c([N+](=O)[O-])c1)C(NC(=O)c1ccccc1)C(=O)N2. The number of anilines is 2. The fraction of sp³-hybridized carbons (Fsp3) is 0.100. The number of phenolic OH excluding ortho intramolecular Hbond substituents is 1. The molecule has 0 aliphatic carbocycles. The highest BCUT2D eigenvalue weighted by Crippen LogP contribution is 2.38. The molecule has 2 aromatic carbocycles. The Morgan fingerprint density at radius 2 is 1.91 bits per heavy atom. The van der Waals surface area contributed by atoms with Gasteiger partial charge in [-0.1, -0.05) is 24.3 Å². The number of nitro benzene ring substituents is 1. The minimum atomic E-state index is -1.31. The Balaban J connectivity index is 1.87. The lowest BCUT2D eigenvalue weighted by Gasteiger charge is -2.32. The number of aromatic hydroxyl groups is 1. The van der Waals surface area contributed by atoms with Crippen LogP contribution in [0.25, 0.3) is 0 Å². The van der Waals surface area contributed by atoms with Crippen LogP contribution in [-0.4, -0.2) is 37.9 Å². The summed E-state index contributed by atoms with van der Waals surface area (Å²) >= 11 is 0. The highest BCUT2D eigenvalue weighted by Gasteiger charge is 2.41. The third-order valence-corrected chi connectivity index (χ3v) is 5.02. The Kier molecular flexibility index (Phi) is 5.02. The number of nitrogens with one attached hydrogen (secondary N) is 3. The van der Waals surface area contributed by atoms with Gasteiger partial charge in [0.15, 0.2) is 5.75 Å². The lowest BCUT2D eigenvalue weighted by Crippen LogP contribution is -2.52. The standard InChI is InChI=1S/C20H16N6O6/c21-20-24-16-14(18(29)25-20)13(10-6-7-12(27)11(8-10)26(31)32)15(19(30)23-16)22-17(28)9-4-2-1-3-5-9/h1-8,13,15,27H,(H,22,28)(H4,21,23,24,25,29,30). The summed E-state index contributed by atoms with van der Waals surface area (Å²) in [6.45, 7) is 0. The largest absolute Gasteiger partial charge is 0.502 e. The second-order valence-electron chi connectivity index (χ2n) is 7.00. The number of carbonyl (C=O) groups is 2. The van der Waals surface area contributed by atoms with Gasteiger partial charge in [0.2, 0.25) is 11.9 Å². The molecule has 3 aromatic rings. The molecule has 4 rings (SSSR count). The number of H-pyrrole nitrogens is 1. The summed E-state index contributed by atoms with van der Waals surface area (Å²) < 4.78 is 0. The maximum Gasteiger partial charge on any atom is 0.310 e. The van der Waals surface area contributed by atoms with Crippen LogP contribution in [0, 0.1) is 10.1 Å². The van der Waals surface area contributed by atoms with Gasteiger partial charge in [-0.25, -0.2) is 0 Å². The minimum Gasteiger partial charge on any atom is -0.502 e. The molecular weight excluding hydrogens is 420 g/mol. The summed E-state index contributed by atoms with van der Waals surface area (Å²) in [6.07, 6.45) is 0. The number of phenols is 1. The van der Waals surface area contributed by atoms with Crippen molar-refractivity contribution < 1.29 is 19.6 Å². The maximum atomic E-state index is 12.9. The summed E-state index contributed by atoms with van der Waals surface area (Å²) in [6, 6.07) is 10.2. The predicted octanol–water partition coefficient (Wildman–Crippen LogP) is 0.848. The lowest BCUT2D eigenvalue weighted by atomic mass is 9.82. The summed E-state index contributed by atoms with van der Waals surface area (Å²) in [7, 11) is 0. The summed E-state index contributed by atoms with van der Waals surface area (Å²) in [5.41, 5.74) is 4.63. The van der Waals surface area contributed by atoms with E-state index in [1.807, 2.05) is 0 Å². The molecule has 0 saturated carbocycles. The highest BCUT2D eigenvalue weighted by atomic mass is 16.6. The van der Waals surface area contributed by atoms with E-state index in [0.29, 0.717) is 0 Å². The molecule has 2 heterocycles. The second-order valence-corrected chi connectivity index (χ2v) is 7.00. The first-order valence-corrected chi connectivity index (χ1v) is 9.30. The van der Waals surface area contributed by atoms with Crippen molar-refractivity contribution in [1.29, 1.82) is 0 Å². The molecular formula is C20H16N6O6. The number of amides is 2. The molecule has 1 aromatic heterocycles. The smallest absolute Gasteiger partial charge is 0.310 e. The molecule has 0 spiro atoms. The Labute approximate surface area is 179 Å². The van der Waals surface area contributed by atoms with E-state index in [9.17, 15) is 29.6 Å². The molecule has 12 heteroatoms. The van der Waals surface area contributed by atoms with Crippen molar-refractivity contribution in [1.82, 2.24) is 15.3 Å². The minimum absolute atomic E-state index is 0.0443. The van der Waals surface area contributed by atoms with Crippen LogP contribution < -0.4 is 21.9 Å². The number of nitro groups is 1. The first kappa shape index (κ1) is 20.5. The Bertz CT molecular complexity index is 1310. The van der Waals surface area contributed by atoms with Crippen molar-refractivity contribution in [3.05, 3.63) is 85.7 Å². The fourth-order valence-electron chi connectivity index (χ4n) is 3.60. The van der Waals surface area contributed by atoms with Crippen LogP contribution in [0.15, 0.2) is 53.3 Å². The number of hydrogen-bond donors (Lipinski definition) is 5. The first-order valence-electron chi connectivity index (χ1n) is 9.30. The van der Waals surface area contributed by atoms with Crippen molar-refractivity contribution in [3.8, 4) is 5.75 Å². The van der Waals surface area contributed by atoms with Crippen LogP contribution in [0.5, 0.6) is 5.75 Å². The topological polar surface area (TPSA) is 193 Å². The maximum absolute atomic E-state index is 12.9. The molecule has 162 valence electrons. The molecule has 0 radical (unpaired) electrons. The zero-order valence-electron chi connectivity index (χ0n) is 16.2. The van der Waals surface area contributed by atoms with E-state index in [4.69, 9.17) is 5.73 Å². The number of benzene rings is 2. The highest BCUT2D eigenvalue weighted by molar-refractivity contribution is 6.03. The van der Waals surface area contributed by atoms with Crippen molar-refractivity contribution in [3.63, 3.8) is 0 Å². The van der Waals surface area contributed by atoms with Crippen LogP contribution in [-0.2, 0) is 4.79 Å². The number of aromatic nitrogens is 2. The normalized spacial score (nSPS) is 17.2. The molecule has 0 bridgehead atoms. The van der Waals surface area contributed by atoms with Gasteiger partial charge in [0.1, 0.15) is 11.9 Å². The number of nitrogens with two attached hydrogens (primary N) is 1. The van der Waals surface area contributed by atoms with Gasteiger partial charge in [0, 0.05) is 17.5 Å². The monoisotopic (exact) mass is 436 g/mol. The van der Waals surface area contributed by atoms with Crippen LogP contribution in [0.1, 0.15) is 27.4 Å². The Morgan fingerprint density at radius 1 is 1.19 bits per heavy atom. The zero-order chi connectivity index (χ0) is 23.0. The number of fused-ring (bicyclic) bond motifs is 1. The van der Waals surface area contributed by atoms with Gasteiger partial charge in [0.05, 0.1) is 10.5 Å². The lowest BCUT2D eigenvalue weighted by molar-refractivity contribution is -0.385. The molecule has 2 amide bonds. The molecule has 2 unspecified atom stereocenters. The average molecular weight is 436 g/mol. The van der Waals surface area contributed by atoms with E-state index < -0.39 is 45.7 Å². The third kappa shape index (κ3) is 3.60.